The van der Waals surface area contributed by atoms with Crippen LogP contribution in [0.1, 0.15) is 18.1 Å². The molecule has 0 spiro atoms. The zero-order valence-electron chi connectivity index (χ0n) is 11.2. The molecule has 0 radical (unpaired) electrons. The smallest absolute Gasteiger partial charge is 0.147 e. The molecule has 0 aliphatic rings. The fourth-order valence-corrected chi connectivity index (χ4v) is 3.15. The minimum Gasteiger partial charge on any atom is -0.493 e. The molecule has 0 aromatic heterocycles. The minimum absolute atomic E-state index is 0.00995. The van der Waals surface area contributed by atoms with Crippen molar-refractivity contribution in [3.63, 3.8) is 0 Å². The third-order valence-corrected chi connectivity index (χ3v) is 4.96. The molecule has 0 heterocycles. The van der Waals surface area contributed by atoms with Crippen LogP contribution in [-0.4, -0.2) is 27.0 Å². The molecule has 0 saturated heterocycles. The van der Waals surface area contributed by atoms with Gasteiger partial charge in [0.2, 0.25) is 0 Å². The third kappa shape index (κ3) is 4.98. The van der Waals surface area contributed by atoms with Crippen molar-refractivity contribution in [2.75, 3.05) is 18.6 Å². The highest BCUT2D eigenvalue weighted by atomic mass is 79.9. The molecule has 5 heteroatoms. The second kappa shape index (κ2) is 6.06. The van der Waals surface area contributed by atoms with Gasteiger partial charge in [-0.15, -0.1) is 0 Å². The monoisotopic (exact) mass is 334 g/mol. The van der Waals surface area contributed by atoms with E-state index in [2.05, 4.69) is 15.9 Å². The molecule has 0 unspecified atom stereocenters. The van der Waals surface area contributed by atoms with Crippen LogP contribution < -0.4 is 4.74 Å². The normalized spacial score (nSPS) is 13.4. The lowest BCUT2D eigenvalue weighted by molar-refractivity contribution is 0.271. The number of hydrogen-bond donors (Lipinski definition) is 0. The minimum atomic E-state index is -2.94. The van der Waals surface area contributed by atoms with Gasteiger partial charge in [0.1, 0.15) is 15.6 Å². The largest absolute Gasteiger partial charge is 0.493 e. The summed E-state index contributed by atoms with van der Waals surface area (Å²) in [6.07, 6.45) is 1.25. The van der Waals surface area contributed by atoms with Crippen LogP contribution in [0.5, 0.6) is 5.75 Å². The first-order valence-corrected chi connectivity index (χ1v) is 8.61. The van der Waals surface area contributed by atoms with Gasteiger partial charge in [-0.05, 0) is 37.1 Å². The van der Waals surface area contributed by atoms with Crippen molar-refractivity contribution >= 4 is 25.8 Å². The van der Waals surface area contributed by atoms with Gasteiger partial charge in [-0.25, -0.2) is 8.42 Å². The summed E-state index contributed by atoms with van der Waals surface area (Å²) < 4.78 is 29.0. The van der Waals surface area contributed by atoms with E-state index in [9.17, 15) is 8.42 Å². The summed E-state index contributed by atoms with van der Waals surface area (Å²) in [7, 11) is -2.94. The maximum atomic E-state index is 11.1. The Morgan fingerprint density at radius 3 is 2.22 bits per heavy atom. The Labute approximate surface area is 118 Å². The summed E-state index contributed by atoms with van der Waals surface area (Å²) in [5, 5.41) is 0. The van der Waals surface area contributed by atoms with Gasteiger partial charge in [0.05, 0.1) is 12.4 Å². The van der Waals surface area contributed by atoms with Crippen LogP contribution in [0.3, 0.4) is 0 Å². The van der Waals surface area contributed by atoms with Crippen LogP contribution >= 0.6 is 15.9 Å². The standard InChI is InChI=1S/C13H19BrO3S/c1-9(8-18(4,15)16)7-17-12-5-10(2)13(14)11(3)6-12/h5-6,9H,7-8H2,1-4H3/t9-/m0/s1. The van der Waals surface area contributed by atoms with Crippen LogP contribution in [0.4, 0.5) is 0 Å². The lowest BCUT2D eigenvalue weighted by Gasteiger charge is -2.14. The molecule has 1 atom stereocenters. The van der Waals surface area contributed by atoms with Crippen LogP contribution in [0.25, 0.3) is 0 Å². The molecule has 0 aliphatic heterocycles. The molecule has 0 amide bonds. The lowest BCUT2D eigenvalue weighted by atomic mass is 10.1. The average molecular weight is 335 g/mol. The van der Waals surface area contributed by atoms with Crippen LogP contribution in [-0.2, 0) is 9.84 Å². The van der Waals surface area contributed by atoms with Crippen LogP contribution in [0.15, 0.2) is 16.6 Å². The van der Waals surface area contributed by atoms with Crippen molar-refractivity contribution in [3.05, 3.63) is 27.7 Å². The number of sulfone groups is 1. The zero-order chi connectivity index (χ0) is 13.9. The number of ether oxygens (including phenoxy) is 1. The first kappa shape index (κ1) is 15.5. The molecule has 1 aromatic carbocycles. The van der Waals surface area contributed by atoms with E-state index in [1.807, 2.05) is 32.9 Å². The molecule has 0 bridgehead atoms. The summed E-state index contributed by atoms with van der Waals surface area (Å²) in [5.41, 5.74) is 2.22. The number of benzene rings is 1. The summed E-state index contributed by atoms with van der Waals surface area (Å²) in [6, 6.07) is 3.90. The van der Waals surface area contributed by atoms with E-state index < -0.39 is 9.84 Å². The molecular formula is C13H19BrO3S. The maximum Gasteiger partial charge on any atom is 0.147 e. The number of rotatable bonds is 5. The fourth-order valence-electron chi connectivity index (χ4n) is 1.79. The Bertz CT molecular complexity index is 500. The topological polar surface area (TPSA) is 43.4 Å². The first-order valence-electron chi connectivity index (χ1n) is 5.76. The molecule has 18 heavy (non-hydrogen) atoms. The fraction of sp³-hybridized carbons (Fsp3) is 0.538. The Kier molecular flexibility index (Phi) is 5.22. The van der Waals surface area contributed by atoms with E-state index in [4.69, 9.17) is 4.74 Å². The highest BCUT2D eigenvalue weighted by molar-refractivity contribution is 9.10. The molecule has 1 rings (SSSR count). The van der Waals surface area contributed by atoms with Crippen LogP contribution in [0, 0.1) is 19.8 Å². The van der Waals surface area contributed by atoms with Crippen molar-refractivity contribution in [3.8, 4) is 5.75 Å². The predicted octanol–water partition coefficient (Wildman–Crippen LogP) is 3.13. The Morgan fingerprint density at radius 2 is 1.78 bits per heavy atom. The Morgan fingerprint density at radius 1 is 1.28 bits per heavy atom. The number of hydrogen-bond acceptors (Lipinski definition) is 3. The van der Waals surface area contributed by atoms with Gasteiger partial charge in [0.25, 0.3) is 0 Å². The Hall–Kier alpha value is -0.550. The van der Waals surface area contributed by atoms with Gasteiger partial charge in [0.15, 0.2) is 0 Å². The second-order valence-corrected chi connectivity index (χ2v) is 7.86. The van der Waals surface area contributed by atoms with Gasteiger partial charge in [-0.1, -0.05) is 22.9 Å². The molecule has 0 aliphatic carbocycles. The maximum absolute atomic E-state index is 11.1. The van der Waals surface area contributed by atoms with Crippen molar-refractivity contribution in [2.45, 2.75) is 20.8 Å². The van der Waals surface area contributed by atoms with Crippen molar-refractivity contribution in [1.29, 1.82) is 0 Å². The van der Waals surface area contributed by atoms with Gasteiger partial charge in [-0.2, -0.15) is 0 Å². The van der Waals surface area contributed by atoms with E-state index >= 15 is 0 Å². The highest BCUT2D eigenvalue weighted by Gasteiger charge is 2.11. The summed E-state index contributed by atoms with van der Waals surface area (Å²) in [5.74, 6) is 0.930. The quantitative estimate of drug-likeness (QED) is 0.830. The Balaban J connectivity index is 2.64. The SMILES string of the molecule is Cc1cc(OC[C@H](C)CS(C)(=O)=O)cc(C)c1Br. The predicted molar refractivity (Wildman–Crippen MR) is 78.0 cm³/mol. The summed E-state index contributed by atoms with van der Waals surface area (Å²) in [6.45, 7) is 6.29. The third-order valence-electron chi connectivity index (χ3n) is 2.53. The molecule has 3 nitrogen and oxygen atoms in total. The van der Waals surface area contributed by atoms with Gasteiger partial charge < -0.3 is 4.74 Å². The summed E-state index contributed by atoms with van der Waals surface area (Å²) >= 11 is 3.50. The van der Waals surface area contributed by atoms with E-state index in [0.717, 1.165) is 21.3 Å². The average Bonchev–Trinajstić information content (AvgIpc) is 2.20. The first-order chi connectivity index (χ1) is 8.19. The molecule has 0 N–H and O–H groups in total. The highest BCUT2D eigenvalue weighted by Crippen LogP contribution is 2.26. The second-order valence-electron chi connectivity index (χ2n) is 4.88. The molecule has 102 valence electrons. The van der Waals surface area contributed by atoms with Gasteiger partial charge in [-0.3, -0.25) is 0 Å². The molecule has 0 fully saturated rings. The number of halogens is 1. The van der Waals surface area contributed by atoms with E-state index in [1.165, 1.54) is 6.26 Å². The zero-order valence-corrected chi connectivity index (χ0v) is 13.6. The summed E-state index contributed by atoms with van der Waals surface area (Å²) in [4.78, 5) is 0. The molecular weight excluding hydrogens is 316 g/mol. The molecule has 0 saturated carbocycles. The van der Waals surface area contributed by atoms with Crippen molar-refractivity contribution < 1.29 is 13.2 Å². The van der Waals surface area contributed by atoms with Gasteiger partial charge in [0, 0.05) is 16.6 Å². The molecule has 1 aromatic rings. The van der Waals surface area contributed by atoms with E-state index in [1.54, 1.807) is 0 Å². The van der Waals surface area contributed by atoms with Crippen molar-refractivity contribution in [1.82, 2.24) is 0 Å². The lowest BCUT2D eigenvalue weighted by Crippen LogP contribution is -2.18. The van der Waals surface area contributed by atoms with Gasteiger partial charge >= 0.3 is 0 Å². The van der Waals surface area contributed by atoms with E-state index in [0.29, 0.717) is 6.61 Å². The van der Waals surface area contributed by atoms with Crippen LogP contribution in [0.2, 0.25) is 0 Å². The van der Waals surface area contributed by atoms with E-state index in [-0.39, 0.29) is 11.7 Å². The van der Waals surface area contributed by atoms with Crippen molar-refractivity contribution in [2.24, 2.45) is 5.92 Å². The number of aryl methyl sites for hydroxylation is 2.